The van der Waals surface area contributed by atoms with E-state index in [1.807, 2.05) is 42.5 Å². The summed E-state index contributed by atoms with van der Waals surface area (Å²) in [5.41, 5.74) is 1.31. The minimum absolute atomic E-state index is 0.177. The highest BCUT2D eigenvalue weighted by Gasteiger charge is 2.32. The van der Waals surface area contributed by atoms with Crippen LogP contribution in [-0.2, 0) is 6.42 Å². The quantitative estimate of drug-likeness (QED) is 0.797. The maximum Gasteiger partial charge on any atom is 0.152 e. The number of benzene rings is 2. The van der Waals surface area contributed by atoms with Crippen molar-refractivity contribution in [2.75, 3.05) is 13.1 Å². The van der Waals surface area contributed by atoms with E-state index in [1.165, 1.54) is 5.56 Å². The van der Waals surface area contributed by atoms with E-state index in [1.54, 1.807) is 0 Å². The maximum atomic E-state index is 6.17. The van der Waals surface area contributed by atoms with Crippen LogP contribution in [0.2, 0.25) is 5.02 Å². The molecule has 22 heavy (non-hydrogen) atoms. The Morgan fingerprint density at radius 3 is 2.68 bits per heavy atom. The van der Waals surface area contributed by atoms with Crippen molar-refractivity contribution in [1.82, 2.24) is 4.90 Å². The number of ether oxygens (including phenoxy) is 1. The monoisotopic (exact) mass is 315 g/mol. The second kappa shape index (κ2) is 7.17. The highest BCUT2D eigenvalue weighted by atomic mass is 35.5. The summed E-state index contributed by atoms with van der Waals surface area (Å²) in [6.07, 6.45) is 2.30. The van der Waals surface area contributed by atoms with E-state index in [9.17, 15) is 0 Å². The molecule has 0 radical (unpaired) electrons. The van der Waals surface area contributed by atoms with Gasteiger partial charge in [0.25, 0.3) is 0 Å². The van der Waals surface area contributed by atoms with Crippen LogP contribution >= 0.6 is 11.6 Å². The lowest BCUT2D eigenvalue weighted by Gasteiger charge is -2.23. The normalized spacial score (nSPS) is 21.9. The molecule has 2 nitrogen and oxygen atoms in total. The van der Waals surface area contributed by atoms with Gasteiger partial charge in [-0.25, -0.2) is 0 Å². The fourth-order valence-electron chi connectivity index (χ4n) is 3.21. The average Bonchev–Trinajstić information content (AvgIpc) is 2.90. The van der Waals surface area contributed by atoms with Crippen molar-refractivity contribution in [1.29, 1.82) is 0 Å². The number of nitrogens with zero attached hydrogens (tertiary/aromatic N) is 1. The van der Waals surface area contributed by atoms with Crippen molar-refractivity contribution >= 4 is 11.6 Å². The summed E-state index contributed by atoms with van der Waals surface area (Å²) in [5.74, 6) is 1.57. The first-order chi connectivity index (χ1) is 10.7. The van der Waals surface area contributed by atoms with Gasteiger partial charge in [-0.2, -0.15) is 0 Å². The first-order valence-corrected chi connectivity index (χ1v) is 8.32. The van der Waals surface area contributed by atoms with Gasteiger partial charge < -0.3 is 4.74 Å². The number of hydrogen-bond donors (Lipinski definition) is 0. The van der Waals surface area contributed by atoms with Gasteiger partial charge in [-0.15, -0.1) is 0 Å². The van der Waals surface area contributed by atoms with Crippen molar-refractivity contribution < 1.29 is 4.74 Å². The van der Waals surface area contributed by atoms with Crippen molar-refractivity contribution in [2.24, 2.45) is 5.92 Å². The summed E-state index contributed by atoms with van der Waals surface area (Å²) in [7, 11) is 0. The van der Waals surface area contributed by atoms with Crippen LogP contribution < -0.4 is 4.74 Å². The number of para-hydroxylation sites is 1. The molecule has 0 spiro atoms. The van der Waals surface area contributed by atoms with Crippen LogP contribution in [0.4, 0.5) is 0 Å². The van der Waals surface area contributed by atoms with Gasteiger partial charge in [-0.05, 0) is 48.7 Å². The topological polar surface area (TPSA) is 12.5 Å². The zero-order valence-corrected chi connectivity index (χ0v) is 13.7. The van der Waals surface area contributed by atoms with E-state index in [0.29, 0.717) is 5.92 Å². The van der Waals surface area contributed by atoms with Gasteiger partial charge in [0.15, 0.2) is 6.23 Å². The fraction of sp³-hybridized carbons (Fsp3) is 0.368. The minimum Gasteiger partial charge on any atom is -0.475 e. The molecule has 0 saturated carbocycles. The zero-order valence-electron chi connectivity index (χ0n) is 12.9. The van der Waals surface area contributed by atoms with Crippen molar-refractivity contribution in [3.8, 4) is 5.75 Å². The molecule has 1 aliphatic rings. The summed E-state index contributed by atoms with van der Waals surface area (Å²) in [5, 5.41) is 0.819. The third kappa shape index (κ3) is 3.82. The molecule has 2 aromatic rings. The van der Waals surface area contributed by atoms with Crippen molar-refractivity contribution in [2.45, 2.75) is 26.0 Å². The molecule has 0 aromatic heterocycles. The highest BCUT2D eigenvalue weighted by molar-refractivity contribution is 6.30. The van der Waals surface area contributed by atoms with Gasteiger partial charge in [0.2, 0.25) is 0 Å². The van der Waals surface area contributed by atoms with Crippen LogP contribution in [0.15, 0.2) is 54.6 Å². The van der Waals surface area contributed by atoms with Crippen LogP contribution in [0, 0.1) is 5.92 Å². The predicted octanol–water partition coefficient (Wildman–Crippen LogP) is 4.63. The Labute approximate surface area is 137 Å². The zero-order chi connectivity index (χ0) is 15.4. The maximum absolute atomic E-state index is 6.17. The first-order valence-electron chi connectivity index (χ1n) is 7.95. The Hall–Kier alpha value is -1.51. The molecular weight excluding hydrogens is 294 g/mol. The molecule has 0 amide bonds. The molecular formula is C19H22ClNO. The third-order valence-electron chi connectivity index (χ3n) is 4.27. The fourth-order valence-corrected chi connectivity index (χ4v) is 3.43. The van der Waals surface area contributed by atoms with E-state index in [4.69, 9.17) is 16.3 Å². The van der Waals surface area contributed by atoms with Gasteiger partial charge in [0.1, 0.15) is 5.75 Å². The van der Waals surface area contributed by atoms with Gasteiger partial charge >= 0.3 is 0 Å². The summed E-state index contributed by atoms with van der Waals surface area (Å²) < 4.78 is 6.17. The molecule has 0 N–H and O–H groups in total. The molecule has 0 bridgehead atoms. The molecule has 3 rings (SSSR count). The van der Waals surface area contributed by atoms with Crippen molar-refractivity contribution in [3.63, 3.8) is 0 Å². The number of likely N-dealkylation sites (tertiary alicyclic amines) is 1. The Morgan fingerprint density at radius 2 is 1.95 bits per heavy atom. The van der Waals surface area contributed by atoms with Crippen LogP contribution in [0.3, 0.4) is 0 Å². The molecule has 2 unspecified atom stereocenters. The summed E-state index contributed by atoms with van der Waals surface area (Å²) in [4.78, 5) is 2.42. The first kappa shape index (κ1) is 15.4. The standard InChI is InChI=1S/C19H22ClNO/c1-2-21-14-16(11-15-7-6-8-17(20)12-15)13-19(21)22-18-9-4-3-5-10-18/h3-10,12,16,19H,2,11,13-14H2,1H3. The Morgan fingerprint density at radius 1 is 1.14 bits per heavy atom. The van der Waals surface area contributed by atoms with Crippen LogP contribution in [0.25, 0.3) is 0 Å². The molecule has 2 aromatic carbocycles. The largest absolute Gasteiger partial charge is 0.475 e. The molecule has 3 heteroatoms. The molecule has 1 aliphatic heterocycles. The van der Waals surface area contributed by atoms with Crippen LogP contribution in [0.5, 0.6) is 5.75 Å². The molecule has 1 heterocycles. The lowest BCUT2D eigenvalue weighted by atomic mass is 9.98. The van der Waals surface area contributed by atoms with Gasteiger partial charge in [0.05, 0.1) is 0 Å². The smallest absolute Gasteiger partial charge is 0.152 e. The lowest BCUT2D eigenvalue weighted by molar-refractivity contribution is 0.0650. The molecule has 116 valence electrons. The lowest BCUT2D eigenvalue weighted by Crippen LogP contribution is -2.33. The Kier molecular flexibility index (Phi) is 5.01. The van der Waals surface area contributed by atoms with E-state index in [0.717, 1.165) is 36.7 Å². The average molecular weight is 316 g/mol. The van der Waals surface area contributed by atoms with E-state index in [2.05, 4.69) is 24.0 Å². The molecule has 1 fully saturated rings. The molecule has 1 saturated heterocycles. The number of rotatable bonds is 5. The second-order valence-corrected chi connectivity index (χ2v) is 6.35. The SMILES string of the molecule is CCN1CC(Cc2cccc(Cl)c2)CC1Oc1ccccc1. The Balaban J connectivity index is 1.64. The van der Waals surface area contributed by atoms with E-state index >= 15 is 0 Å². The third-order valence-corrected chi connectivity index (χ3v) is 4.50. The van der Waals surface area contributed by atoms with Crippen LogP contribution in [-0.4, -0.2) is 24.2 Å². The van der Waals surface area contributed by atoms with Crippen LogP contribution in [0.1, 0.15) is 18.9 Å². The second-order valence-electron chi connectivity index (χ2n) is 5.91. The molecule has 2 atom stereocenters. The van der Waals surface area contributed by atoms with Crippen molar-refractivity contribution in [3.05, 3.63) is 65.2 Å². The van der Waals surface area contributed by atoms with Gasteiger partial charge in [0, 0.05) is 18.0 Å². The highest BCUT2D eigenvalue weighted by Crippen LogP contribution is 2.28. The number of hydrogen-bond acceptors (Lipinski definition) is 2. The minimum atomic E-state index is 0.177. The summed E-state index contributed by atoms with van der Waals surface area (Å²) in [6, 6.07) is 18.3. The van der Waals surface area contributed by atoms with E-state index < -0.39 is 0 Å². The van der Waals surface area contributed by atoms with Gasteiger partial charge in [-0.3, -0.25) is 4.90 Å². The number of halogens is 1. The van der Waals surface area contributed by atoms with Gasteiger partial charge in [-0.1, -0.05) is 48.9 Å². The summed E-state index contributed by atoms with van der Waals surface area (Å²) >= 11 is 6.09. The Bertz CT molecular complexity index is 601. The predicted molar refractivity (Wildman–Crippen MR) is 91.4 cm³/mol. The summed E-state index contributed by atoms with van der Waals surface area (Å²) in [6.45, 7) is 4.30. The molecule has 0 aliphatic carbocycles. The van der Waals surface area contributed by atoms with E-state index in [-0.39, 0.29) is 6.23 Å².